The molecule has 0 saturated carbocycles. The van der Waals surface area contributed by atoms with Crippen molar-refractivity contribution in [2.75, 3.05) is 24.3 Å². The molecule has 0 radical (unpaired) electrons. The number of anilines is 2. The fraction of sp³-hybridized carbons (Fsp3) is 0.500. The molecule has 0 aromatic heterocycles. The van der Waals surface area contributed by atoms with Gasteiger partial charge in [-0.05, 0) is 32.4 Å². The van der Waals surface area contributed by atoms with Crippen LogP contribution in [0, 0.1) is 11.6 Å². The molecule has 0 spiro atoms. The summed E-state index contributed by atoms with van der Waals surface area (Å²) in [6, 6.07) is 0.517. The van der Waals surface area contributed by atoms with Gasteiger partial charge in [0.15, 0.2) is 11.6 Å². The van der Waals surface area contributed by atoms with Crippen LogP contribution in [0.25, 0.3) is 0 Å². The molecule has 0 heterocycles. The molecule has 0 aliphatic heterocycles. The van der Waals surface area contributed by atoms with Gasteiger partial charge >= 0.3 is 6.03 Å². The Morgan fingerprint density at radius 3 is 2.12 bits per heavy atom. The summed E-state index contributed by atoms with van der Waals surface area (Å²) in [6.45, 7) is 5.30. The van der Waals surface area contributed by atoms with Crippen molar-refractivity contribution in [2.24, 2.45) is 0 Å². The number of hydrogen-bond acceptors (Lipinski definition) is 3. The third kappa shape index (κ3) is 5.36. The second-order valence-corrected chi connectivity index (χ2v) is 5.82. The first-order valence-electron chi connectivity index (χ1n) is 7.70. The largest absolute Gasteiger partial charge is 0.373 e. The van der Waals surface area contributed by atoms with Gasteiger partial charge in [0.2, 0.25) is 5.91 Å². The van der Waals surface area contributed by atoms with Gasteiger partial charge in [-0.15, -0.1) is 0 Å². The van der Waals surface area contributed by atoms with Crippen LogP contribution in [-0.2, 0) is 4.79 Å². The van der Waals surface area contributed by atoms with Crippen LogP contribution < -0.4 is 20.9 Å². The van der Waals surface area contributed by atoms with E-state index in [1.54, 1.807) is 0 Å². The Bertz CT molecular complexity index is 585. The molecular weight excluding hydrogens is 318 g/mol. The maximum atomic E-state index is 13.9. The van der Waals surface area contributed by atoms with Crippen molar-refractivity contribution in [3.05, 3.63) is 23.8 Å². The van der Waals surface area contributed by atoms with Gasteiger partial charge in [-0.25, -0.2) is 13.6 Å². The van der Waals surface area contributed by atoms with E-state index < -0.39 is 23.7 Å². The number of rotatable bonds is 6. The highest BCUT2D eigenvalue weighted by Crippen LogP contribution is 2.25. The number of carbonyl (C=O) groups excluding carboxylic acids is 2. The first-order valence-corrected chi connectivity index (χ1v) is 7.70. The molecule has 1 aromatic carbocycles. The zero-order valence-electron chi connectivity index (χ0n) is 14.5. The zero-order chi connectivity index (χ0) is 18.4. The lowest BCUT2D eigenvalue weighted by atomic mass is 10.2. The molecule has 1 rings (SSSR count). The van der Waals surface area contributed by atoms with E-state index in [9.17, 15) is 18.4 Å². The Kier molecular flexibility index (Phi) is 6.94. The molecule has 0 bridgehead atoms. The van der Waals surface area contributed by atoms with Crippen LogP contribution in [0.5, 0.6) is 0 Å². The van der Waals surface area contributed by atoms with E-state index in [-0.39, 0.29) is 23.3 Å². The van der Waals surface area contributed by atoms with Gasteiger partial charge in [-0.2, -0.15) is 0 Å². The van der Waals surface area contributed by atoms with Crippen LogP contribution in [0.2, 0.25) is 0 Å². The van der Waals surface area contributed by atoms with Gasteiger partial charge in [0.1, 0.15) is 11.7 Å². The molecule has 8 heteroatoms. The summed E-state index contributed by atoms with van der Waals surface area (Å²) >= 11 is 0. The van der Waals surface area contributed by atoms with Gasteiger partial charge in [0.05, 0.1) is 0 Å². The Balaban J connectivity index is 2.70. The Labute approximate surface area is 140 Å². The number of nitrogens with zero attached hydrogens (tertiary/aromatic N) is 1. The van der Waals surface area contributed by atoms with Crippen molar-refractivity contribution >= 4 is 23.3 Å². The van der Waals surface area contributed by atoms with Gasteiger partial charge in [0.25, 0.3) is 0 Å². The highest BCUT2D eigenvalue weighted by molar-refractivity contribution is 5.93. The highest BCUT2D eigenvalue weighted by Gasteiger charge is 2.18. The maximum Gasteiger partial charge on any atom is 0.319 e. The van der Waals surface area contributed by atoms with Crippen molar-refractivity contribution in [3.63, 3.8) is 0 Å². The molecule has 1 aromatic rings. The molecule has 3 amide bonds. The number of amides is 3. The lowest BCUT2D eigenvalue weighted by molar-refractivity contribution is -0.123. The fourth-order valence-electron chi connectivity index (χ4n) is 1.96. The summed E-state index contributed by atoms with van der Waals surface area (Å²) in [5.74, 6) is -1.92. The quantitative estimate of drug-likeness (QED) is 0.743. The number of nitrogens with one attached hydrogen (secondary N) is 3. The number of urea groups is 1. The topological polar surface area (TPSA) is 73.5 Å². The molecule has 0 aliphatic carbocycles. The summed E-state index contributed by atoms with van der Waals surface area (Å²) in [4.78, 5) is 25.0. The first-order chi connectivity index (χ1) is 11.1. The van der Waals surface area contributed by atoms with Crippen LogP contribution in [0.1, 0.15) is 27.2 Å². The lowest BCUT2D eigenvalue weighted by Gasteiger charge is -2.18. The van der Waals surface area contributed by atoms with Crippen LogP contribution in [-0.4, -0.2) is 38.1 Å². The molecule has 2 atom stereocenters. The average molecular weight is 342 g/mol. The monoisotopic (exact) mass is 342 g/mol. The third-order valence-electron chi connectivity index (χ3n) is 3.46. The number of hydrogen-bond donors (Lipinski definition) is 3. The van der Waals surface area contributed by atoms with E-state index in [1.807, 2.05) is 13.8 Å². The van der Waals surface area contributed by atoms with E-state index in [4.69, 9.17) is 0 Å². The molecule has 3 N–H and O–H groups in total. The van der Waals surface area contributed by atoms with Crippen molar-refractivity contribution in [2.45, 2.75) is 39.3 Å². The maximum absolute atomic E-state index is 13.9. The number of benzene rings is 1. The SMILES string of the molecule is CC[C@@H](C)NC(=O)[C@@H](C)NC(=O)Nc1cc(F)c(N(C)C)c(F)c1. The normalized spacial score (nSPS) is 13.0. The van der Waals surface area contributed by atoms with Crippen LogP contribution in [0.3, 0.4) is 0 Å². The minimum atomic E-state index is -0.794. The smallest absolute Gasteiger partial charge is 0.319 e. The van der Waals surface area contributed by atoms with Gasteiger partial charge in [-0.1, -0.05) is 6.92 Å². The molecule has 0 aliphatic rings. The molecule has 0 unspecified atom stereocenters. The van der Waals surface area contributed by atoms with Gasteiger partial charge < -0.3 is 20.9 Å². The van der Waals surface area contributed by atoms with Gasteiger partial charge in [0, 0.05) is 25.8 Å². The van der Waals surface area contributed by atoms with E-state index in [2.05, 4.69) is 16.0 Å². The summed E-state index contributed by atoms with van der Waals surface area (Å²) in [7, 11) is 3.03. The van der Waals surface area contributed by atoms with Crippen molar-refractivity contribution in [1.82, 2.24) is 10.6 Å². The summed E-state index contributed by atoms with van der Waals surface area (Å²) < 4.78 is 27.7. The van der Waals surface area contributed by atoms with Crippen LogP contribution in [0.15, 0.2) is 12.1 Å². The second-order valence-electron chi connectivity index (χ2n) is 5.82. The molecule has 0 fully saturated rings. The molecule has 6 nitrogen and oxygen atoms in total. The van der Waals surface area contributed by atoms with E-state index in [0.717, 1.165) is 18.6 Å². The summed E-state index contributed by atoms with van der Waals surface area (Å²) in [5, 5.41) is 7.46. The highest BCUT2D eigenvalue weighted by atomic mass is 19.1. The van der Waals surface area contributed by atoms with Crippen molar-refractivity contribution in [1.29, 1.82) is 0 Å². The van der Waals surface area contributed by atoms with Crippen molar-refractivity contribution in [3.8, 4) is 0 Å². The number of carbonyl (C=O) groups is 2. The van der Waals surface area contributed by atoms with Crippen LogP contribution >= 0.6 is 0 Å². The average Bonchev–Trinajstić information content (AvgIpc) is 2.45. The molecule has 24 heavy (non-hydrogen) atoms. The third-order valence-corrected chi connectivity index (χ3v) is 3.46. The minimum Gasteiger partial charge on any atom is -0.373 e. The predicted octanol–water partition coefficient (Wildman–Crippen LogP) is 2.46. The number of halogens is 2. The Morgan fingerprint density at radius 1 is 1.12 bits per heavy atom. The molecule has 134 valence electrons. The molecule has 0 saturated heterocycles. The Morgan fingerprint density at radius 2 is 1.67 bits per heavy atom. The summed E-state index contributed by atoms with van der Waals surface area (Å²) in [6.07, 6.45) is 0.765. The Hall–Kier alpha value is -2.38. The summed E-state index contributed by atoms with van der Waals surface area (Å²) in [5.41, 5.74) is -0.232. The standard InChI is InChI=1S/C16H24F2N4O2/c1-6-9(2)19-15(23)10(3)20-16(24)21-11-7-12(17)14(22(4)5)13(18)8-11/h7-10H,6H2,1-5H3,(H,19,23)(H2,20,21,24)/t9-,10-/m1/s1. The lowest BCUT2D eigenvalue weighted by Crippen LogP contribution is -2.48. The minimum absolute atomic E-state index is 0.00780. The van der Waals surface area contributed by atoms with Gasteiger partial charge in [-0.3, -0.25) is 4.79 Å². The van der Waals surface area contributed by atoms with E-state index >= 15 is 0 Å². The predicted molar refractivity (Wildman–Crippen MR) is 90.2 cm³/mol. The van der Waals surface area contributed by atoms with Crippen LogP contribution in [0.4, 0.5) is 25.0 Å². The zero-order valence-corrected chi connectivity index (χ0v) is 14.5. The van der Waals surface area contributed by atoms with E-state index in [1.165, 1.54) is 25.9 Å². The second kappa shape index (κ2) is 8.47. The van der Waals surface area contributed by atoms with Crippen molar-refractivity contribution < 1.29 is 18.4 Å². The fourth-order valence-corrected chi connectivity index (χ4v) is 1.96. The van der Waals surface area contributed by atoms with E-state index in [0.29, 0.717) is 0 Å². The first kappa shape index (κ1) is 19.7. The molecular formula is C16H24F2N4O2.